The molecule has 0 atom stereocenters. The number of hydrogen-bond donors (Lipinski definition) is 1. The summed E-state index contributed by atoms with van der Waals surface area (Å²) in [6.45, 7) is 0.679. The van der Waals surface area contributed by atoms with Crippen molar-refractivity contribution in [1.29, 1.82) is 0 Å². The van der Waals surface area contributed by atoms with Crippen molar-refractivity contribution in [3.8, 4) is 11.3 Å². The normalized spacial score (nSPS) is 10.3. The molecule has 6 nitrogen and oxygen atoms in total. The number of carbonyl (C=O) groups is 1. The second kappa shape index (κ2) is 6.79. The molecule has 1 N–H and O–H groups in total. The average molecular weight is 277 g/mol. The third-order valence-corrected chi connectivity index (χ3v) is 3.25. The quantitative estimate of drug-likeness (QED) is 0.616. The van der Waals surface area contributed by atoms with E-state index in [1.54, 1.807) is 17.1 Å². The maximum Gasteiger partial charge on any atom is 0.313 e. The van der Waals surface area contributed by atoms with Gasteiger partial charge in [-0.2, -0.15) is 10.2 Å². The van der Waals surface area contributed by atoms with Gasteiger partial charge in [0.1, 0.15) is 6.20 Å². The Balaban J connectivity index is 1.90. The van der Waals surface area contributed by atoms with Gasteiger partial charge in [0.2, 0.25) is 0 Å². The summed E-state index contributed by atoms with van der Waals surface area (Å²) < 4.78 is 1.77. The van der Waals surface area contributed by atoms with Crippen molar-refractivity contribution in [2.75, 3.05) is 11.5 Å². The van der Waals surface area contributed by atoms with Crippen LogP contribution in [-0.4, -0.2) is 37.9 Å². The van der Waals surface area contributed by atoms with E-state index < -0.39 is 5.97 Å². The molecule has 2 heterocycles. The fraction of sp³-hybridized carbons (Fsp3) is 0.250. The Labute approximate surface area is 114 Å². The highest BCUT2D eigenvalue weighted by molar-refractivity contribution is 7.99. The summed E-state index contributed by atoms with van der Waals surface area (Å²) in [6, 6.07) is 5.61. The molecule has 0 aliphatic heterocycles. The van der Waals surface area contributed by atoms with Crippen molar-refractivity contribution >= 4 is 17.7 Å². The molecule has 0 spiro atoms. The van der Waals surface area contributed by atoms with E-state index in [9.17, 15) is 4.79 Å². The van der Waals surface area contributed by atoms with Crippen LogP contribution in [0.1, 0.15) is 0 Å². The van der Waals surface area contributed by atoms with E-state index in [4.69, 9.17) is 5.11 Å². The van der Waals surface area contributed by atoms with Crippen LogP contribution >= 0.6 is 11.8 Å². The SMILES string of the molecule is O=C(O)CSCC[n+]1ccc(-c2cccnn2)cn1. The Hall–Kier alpha value is -2.02. The summed E-state index contributed by atoms with van der Waals surface area (Å²) in [5.41, 5.74) is 1.69. The second-order valence-corrected chi connectivity index (χ2v) is 4.84. The Kier molecular flexibility index (Phi) is 4.79. The number of carboxylic acids is 1. The number of aryl methyl sites for hydroxylation is 1. The molecule has 2 rings (SSSR count). The van der Waals surface area contributed by atoms with Gasteiger partial charge in [0.25, 0.3) is 0 Å². The number of aromatic nitrogens is 4. The number of nitrogens with zero attached hydrogens (tertiary/aromatic N) is 4. The van der Waals surface area contributed by atoms with Gasteiger partial charge in [-0.15, -0.1) is 11.8 Å². The minimum atomic E-state index is -0.791. The molecular formula is C12H13N4O2S+. The fourth-order valence-electron chi connectivity index (χ4n) is 1.44. The van der Waals surface area contributed by atoms with Gasteiger partial charge in [0, 0.05) is 17.8 Å². The second-order valence-electron chi connectivity index (χ2n) is 3.73. The predicted octanol–water partition coefficient (Wildman–Crippen LogP) is 0.644. The van der Waals surface area contributed by atoms with Crippen LogP contribution in [0.15, 0.2) is 36.8 Å². The summed E-state index contributed by atoms with van der Waals surface area (Å²) in [7, 11) is 0. The van der Waals surface area contributed by atoms with Gasteiger partial charge >= 0.3 is 5.97 Å². The molecule has 0 aliphatic carbocycles. The fourth-order valence-corrected chi connectivity index (χ4v) is 2.08. The molecule has 0 unspecified atom stereocenters. The summed E-state index contributed by atoms with van der Waals surface area (Å²) in [4.78, 5) is 10.4. The lowest BCUT2D eigenvalue weighted by molar-refractivity contribution is -0.749. The van der Waals surface area contributed by atoms with Gasteiger partial charge in [0.05, 0.1) is 17.2 Å². The molecule has 0 amide bonds. The highest BCUT2D eigenvalue weighted by atomic mass is 32.2. The lowest BCUT2D eigenvalue weighted by Crippen LogP contribution is -2.38. The molecule has 0 saturated heterocycles. The van der Waals surface area contributed by atoms with E-state index >= 15 is 0 Å². The van der Waals surface area contributed by atoms with Crippen molar-refractivity contribution < 1.29 is 14.6 Å². The van der Waals surface area contributed by atoms with Crippen molar-refractivity contribution in [3.63, 3.8) is 0 Å². The first-order valence-electron chi connectivity index (χ1n) is 5.69. The molecule has 0 aliphatic rings. The van der Waals surface area contributed by atoms with Gasteiger partial charge in [-0.25, -0.2) is 0 Å². The smallest absolute Gasteiger partial charge is 0.313 e. The Bertz CT molecular complexity index is 533. The highest BCUT2D eigenvalue weighted by Gasteiger charge is 2.06. The third-order valence-electron chi connectivity index (χ3n) is 2.33. The van der Waals surface area contributed by atoms with Gasteiger partial charge in [-0.1, -0.05) is 4.68 Å². The molecule has 0 fully saturated rings. The van der Waals surface area contributed by atoms with Gasteiger partial charge in [-0.3, -0.25) is 4.79 Å². The Morgan fingerprint density at radius 1 is 1.42 bits per heavy atom. The van der Waals surface area contributed by atoms with Gasteiger partial charge in [0.15, 0.2) is 12.7 Å². The van der Waals surface area contributed by atoms with Crippen LogP contribution in [0.5, 0.6) is 0 Å². The molecule has 0 saturated carbocycles. The van der Waals surface area contributed by atoms with Crippen LogP contribution in [0.2, 0.25) is 0 Å². The van der Waals surface area contributed by atoms with Crippen LogP contribution in [0.25, 0.3) is 11.3 Å². The van der Waals surface area contributed by atoms with E-state index in [1.165, 1.54) is 11.8 Å². The van der Waals surface area contributed by atoms with Crippen LogP contribution in [-0.2, 0) is 11.3 Å². The maximum atomic E-state index is 10.4. The van der Waals surface area contributed by atoms with Crippen LogP contribution in [0, 0.1) is 0 Å². The number of hydrogen-bond acceptors (Lipinski definition) is 5. The lowest BCUT2D eigenvalue weighted by Gasteiger charge is -1.98. The van der Waals surface area contributed by atoms with Crippen molar-refractivity contribution in [1.82, 2.24) is 15.3 Å². The van der Waals surface area contributed by atoms with Crippen LogP contribution < -0.4 is 4.68 Å². The van der Waals surface area contributed by atoms with Crippen LogP contribution in [0.3, 0.4) is 0 Å². The van der Waals surface area contributed by atoms with Gasteiger partial charge < -0.3 is 5.11 Å². The summed E-state index contributed by atoms with van der Waals surface area (Å²) in [5.74, 6) is 0.0492. The number of rotatable bonds is 6. The molecule has 0 bridgehead atoms. The molecular weight excluding hydrogens is 264 g/mol. The largest absolute Gasteiger partial charge is 0.481 e. The third kappa shape index (κ3) is 4.29. The maximum absolute atomic E-state index is 10.4. The summed E-state index contributed by atoms with van der Waals surface area (Å²) >= 11 is 1.37. The van der Waals surface area contributed by atoms with E-state index in [2.05, 4.69) is 15.3 Å². The Morgan fingerprint density at radius 3 is 2.95 bits per heavy atom. The Morgan fingerprint density at radius 2 is 2.32 bits per heavy atom. The first-order chi connectivity index (χ1) is 9.25. The number of carboxylic acid groups (broad SMARTS) is 1. The minimum absolute atomic E-state index is 0.123. The summed E-state index contributed by atoms with van der Waals surface area (Å²) in [6.07, 6.45) is 5.21. The van der Waals surface area contributed by atoms with E-state index in [0.29, 0.717) is 12.3 Å². The minimum Gasteiger partial charge on any atom is -0.481 e. The zero-order chi connectivity index (χ0) is 13.5. The zero-order valence-electron chi connectivity index (χ0n) is 10.1. The molecule has 7 heteroatoms. The molecule has 2 aromatic heterocycles. The number of aliphatic carboxylic acids is 1. The van der Waals surface area contributed by atoms with Crippen molar-refractivity contribution in [2.45, 2.75) is 6.54 Å². The predicted molar refractivity (Wildman–Crippen MR) is 70.4 cm³/mol. The van der Waals surface area contributed by atoms with E-state index in [1.807, 2.05) is 24.4 Å². The van der Waals surface area contributed by atoms with Crippen LogP contribution in [0.4, 0.5) is 0 Å². The average Bonchev–Trinajstić information content (AvgIpc) is 2.45. The standard InChI is InChI=1S/C12H12N4O2S/c17-12(18)9-19-7-6-16-5-3-10(8-14-16)11-2-1-4-13-15-11/h1-5,8H,6-7,9H2/p+1. The monoisotopic (exact) mass is 277 g/mol. The number of thioether (sulfide) groups is 1. The van der Waals surface area contributed by atoms with E-state index in [-0.39, 0.29) is 5.75 Å². The molecule has 2 aromatic rings. The lowest BCUT2D eigenvalue weighted by atomic mass is 10.2. The molecule has 0 radical (unpaired) electrons. The topological polar surface area (TPSA) is 79.9 Å². The van der Waals surface area contributed by atoms with Crippen molar-refractivity contribution in [3.05, 3.63) is 36.8 Å². The highest BCUT2D eigenvalue weighted by Crippen LogP contribution is 2.11. The van der Waals surface area contributed by atoms with Gasteiger partial charge in [-0.05, 0) is 17.2 Å². The molecule has 98 valence electrons. The zero-order valence-corrected chi connectivity index (χ0v) is 11.0. The molecule has 0 aromatic carbocycles. The molecule has 19 heavy (non-hydrogen) atoms. The summed E-state index contributed by atoms with van der Waals surface area (Å²) in [5, 5.41) is 20.6. The first-order valence-corrected chi connectivity index (χ1v) is 6.84. The van der Waals surface area contributed by atoms with E-state index in [0.717, 1.165) is 11.3 Å². The first kappa shape index (κ1) is 13.4. The van der Waals surface area contributed by atoms with Crippen molar-refractivity contribution in [2.24, 2.45) is 0 Å².